The van der Waals surface area contributed by atoms with Crippen LogP contribution in [0, 0.1) is 0 Å². The molecule has 3 rings (SSSR count). The summed E-state index contributed by atoms with van der Waals surface area (Å²) in [4.78, 5) is 0.865. The van der Waals surface area contributed by atoms with Crippen LogP contribution in [0.25, 0.3) is 4.96 Å². The molecule has 0 aliphatic heterocycles. The Kier molecular flexibility index (Phi) is 2.86. The van der Waals surface area contributed by atoms with Gasteiger partial charge in [0.15, 0.2) is 5.82 Å². The van der Waals surface area contributed by atoms with Crippen molar-refractivity contribution in [3.05, 3.63) is 10.8 Å². The van der Waals surface area contributed by atoms with Gasteiger partial charge in [0.25, 0.3) is 0 Å². The number of rotatable bonds is 2. The maximum atomic E-state index is 6.09. The molecule has 0 saturated heterocycles. The predicted octanol–water partition coefficient (Wildman–Crippen LogP) is 2.43. The topological polar surface area (TPSA) is 69.1 Å². The largest absolute Gasteiger partial charge is 0.320 e. The Bertz CT molecular complexity index is 544. The minimum Gasteiger partial charge on any atom is -0.320 e. The molecular formula is C12H19N5S. The van der Waals surface area contributed by atoms with Gasteiger partial charge in [-0.2, -0.15) is 9.61 Å². The van der Waals surface area contributed by atoms with Gasteiger partial charge in [0.05, 0.1) is 5.54 Å². The quantitative estimate of drug-likeness (QED) is 0.905. The molecule has 1 aliphatic carbocycles. The first-order chi connectivity index (χ1) is 8.55. The first-order valence-corrected chi connectivity index (χ1v) is 7.39. The van der Waals surface area contributed by atoms with Gasteiger partial charge in [-0.05, 0) is 26.7 Å². The lowest BCUT2D eigenvalue weighted by Gasteiger charge is -2.19. The van der Waals surface area contributed by atoms with E-state index in [-0.39, 0.29) is 0 Å². The zero-order valence-corrected chi connectivity index (χ0v) is 11.7. The van der Waals surface area contributed by atoms with E-state index >= 15 is 0 Å². The molecule has 0 aromatic carbocycles. The van der Waals surface area contributed by atoms with Gasteiger partial charge in [-0.3, -0.25) is 0 Å². The fourth-order valence-electron chi connectivity index (χ4n) is 2.51. The van der Waals surface area contributed by atoms with Crippen LogP contribution in [0.3, 0.4) is 0 Å². The minimum atomic E-state index is -0.408. The van der Waals surface area contributed by atoms with Crippen molar-refractivity contribution in [3.8, 4) is 0 Å². The molecule has 2 aromatic heterocycles. The average Bonchev–Trinajstić information content (AvgIpc) is 2.88. The molecular weight excluding hydrogens is 246 g/mol. The first kappa shape index (κ1) is 12.0. The van der Waals surface area contributed by atoms with E-state index in [4.69, 9.17) is 5.73 Å². The Hall–Kier alpha value is -1.01. The minimum absolute atomic E-state index is 0.408. The second-order valence-electron chi connectivity index (χ2n) is 5.72. The molecule has 1 fully saturated rings. The molecule has 0 atom stereocenters. The summed E-state index contributed by atoms with van der Waals surface area (Å²) in [5, 5.41) is 14.1. The van der Waals surface area contributed by atoms with E-state index in [1.54, 1.807) is 11.3 Å². The average molecular weight is 265 g/mol. The summed E-state index contributed by atoms with van der Waals surface area (Å²) in [7, 11) is 0. The molecule has 2 N–H and O–H groups in total. The van der Waals surface area contributed by atoms with Gasteiger partial charge in [-0.15, -0.1) is 10.2 Å². The van der Waals surface area contributed by atoms with Gasteiger partial charge >= 0.3 is 0 Å². The van der Waals surface area contributed by atoms with Crippen LogP contribution in [0.1, 0.15) is 62.7 Å². The zero-order chi connectivity index (χ0) is 12.8. The molecule has 1 aliphatic rings. The molecule has 98 valence electrons. The molecule has 0 unspecified atom stereocenters. The van der Waals surface area contributed by atoms with Crippen LogP contribution >= 0.6 is 11.3 Å². The Morgan fingerprint density at radius 2 is 1.94 bits per heavy atom. The van der Waals surface area contributed by atoms with Gasteiger partial charge < -0.3 is 5.73 Å². The van der Waals surface area contributed by atoms with E-state index < -0.39 is 5.54 Å². The number of fused-ring (bicyclic) bond motifs is 1. The van der Waals surface area contributed by atoms with Crippen molar-refractivity contribution in [3.63, 3.8) is 0 Å². The molecule has 1 saturated carbocycles. The summed E-state index contributed by atoms with van der Waals surface area (Å²) < 4.78 is 1.91. The van der Waals surface area contributed by atoms with Crippen molar-refractivity contribution in [2.75, 3.05) is 0 Å². The molecule has 2 aromatic rings. The molecule has 2 heterocycles. The van der Waals surface area contributed by atoms with E-state index in [1.165, 1.54) is 32.1 Å². The maximum absolute atomic E-state index is 6.09. The predicted molar refractivity (Wildman–Crippen MR) is 71.7 cm³/mol. The SMILES string of the molecule is CC(C)(N)c1nn2c(C3CCCCC3)nnc2s1. The van der Waals surface area contributed by atoms with Crippen molar-refractivity contribution in [2.24, 2.45) is 5.73 Å². The monoisotopic (exact) mass is 265 g/mol. The molecule has 18 heavy (non-hydrogen) atoms. The summed E-state index contributed by atoms with van der Waals surface area (Å²) >= 11 is 1.54. The second-order valence-corrected chi connectivity index (χ2v) is 6.67. The highest BCUT2D eigenvalue weighted by Crippen LogP contribution is 2.33. The van der Waals surface area contributed by atoms with Crippen LogP contribution in [0.4, 0.5) is 0 Å². The number of nitrogens with zero attached hydrogens (tertiary/aromatic N) is 4. The van der Waals surface area contributed by atoms with Gasteiger partial charge in [0.2, 0.25) is 4.96 Å². The van der Waals surface area contributed by atoms with Crippen LogP contribution < -0.4 is 5.73 Å². The van der Waals surface area contributed by atoms with Crippen LogP contribution in [0.15, 0.2) is 0 Å². The van der Waals surface area contributed by atoms with Crippen molar-refractivity contribution in [1.82, 2.24) is 19.8 Å². The third-order valence-corrected chi connectivity index (χ3v) is 4.77. The fourth-order valence-corrected chi connectivity index (χ4v) is 3.37. The molecule has 6 heteroatoms. The molecule has 0 bridgehead atoms. The van der Waals surface area contributed by atoms with Crippen LogP contribution in [-0.4, -0.2) is 19.8 Å². The van der Waals surface area contributed by atoms with E-state index in [2.05, 4.69) is 15.3 Å². The van der Waals surface area contributed by atoms with Crippen LogP contribution in [0.5, 0.6) is 0 Å². The van der Waals surface area contributed by atoms with E-state index in [1.807, 2.05) is 18.4 Å². The van der Waals surface area contributed by atoms with E-state index in [0.29, 0.717) is 5.92 Å². The lowest BCUT2D eigenvalue weighted by atomic mass is 9.89. The smallest absolute Gasteiger partial charge is 0.234 e. The molecule has 0 amide bonds. The summed E-state index contributed by atoms with van der Waals surface area (Å²) in [6.45, 7) is 3.94. The number of hydrogen-bond acceptors (Lipinski definition) is 5. The molecule has 5 nitrogen and oxygen atoms in total. The molecule has 0 spiro atoms. The number of nitrogens with two attached hydrogens (primary N) is 1. The van der Waals surface area contributed by atoms with Gasteiger partial charge in [0, 0.05) is 5.92 Å². The number of hydrogen-bond donors (Lipinski definition) is 1. The fraction of sp³-hybridized carbons (Fsp3) is 0.750. The maximum Gasteiger partial charge on any atom is 0.234 e. The standard InChI is InChI=1S/C12H19N5S/c1-12(2,13)10-16-17-9(14-15-11(17)18-10)8-6-4-3-5-7-8/h8H,3-7,13H2,1-2H3. The first-order valence-electron chi connectivity index (χ1n) is 6.57. The van der Waals surface area contributed by atoms with Crippen molar-refractivity contribution in [2.45, 2.75) is 57.4 Å². The van der Waals surface area contributed by atoms with E-state index in [0.717, 1.165) is 15.8 Å². The van der Waals surface area contributed by atoms with Crippen LogP contribution in [0.2, 0.25) is 0 Å². The highest BCUT2D eigenvalue weighted by Gasteiger charge is 2.25. The Morgan fingerprint density at radius 1 is 1.22 bits per heavy atom. The third kappa shape index (κ3) is 2.03. The lowest BCUT2D eigenvalue weighted by Crippen LogP contribution is -2.28. The number of aromatic nitrogens is 4. The van der Waals surface area contributed by atoms with Gasteiger partial charge in [-0.1, -0.05) is 30.6 Å². The Morgan fingerprint density at radius 3 is 2.61 bits per heavy atom. The Balaban J connectivity index is 2.00. The van der Waals surface area contributed by atoms with Crippen molar-refractivity contribution < 1.29 is 0 Å². The van der Waals surface area contributed by atoms with Gasteiger partial charge in [-0.25, -0.2) is 0 Å². The third-order valence-electron chi connectivity index (χ3n) is 3.54. The highest BCUT2D eigenvalue weighted by molar-refractivity contribution is 7.16. The second kappa shape index (κ2) is 4.28. The van der Waals surface area contributed by atoms with Crippen molar-refractivity contribution in [1.29, 1.82) is 0 Å². The highest BCUT2D eigenvalue weighted by atomic mass is 32.1. The molecule has 0 radical (unpaired) electrons. The Labute approximate surface area is 110 Å². The van der Waals surface area contributed by atoms with Crippen molar-refractivity contribution >= 4 is 16.3 Å². The zero-order valence-electron chi connectivity index (χ0n) is 10.9. The summed E-state index contributed by atoms with van der Waals surface area (Å²) in [6.07, 6.45) is 6.34. The normalized spacial score (nSPS) is 18.6. The lowest BCUT2D eigenvalue weighted by molar-refractivity contribution is 0.421. The summed E-state index contributed by atoms with van der Waals surface area (Å²) in [6, 6.07) is 0. The van der Waals surface area contributed by atoms with E-state index in [9.17, 15) is 0 Å². The van der Waals surface area contributed by atoms with Crippen LogP contribution in [-0.2, 0) is 5.54 Å². The van der Waals surface area contributed by atoms with Gasteiger partial charge in [0.1, 0.15) is 5.01 Å². The summed E-state index contributed by atoms with van der Waals surface area (Å²) in [5.41, 5.74) is 5.69. The summed E-state index contributed by atoms with van der Waals surface area (Å²) in [5.74, 6) is 1.54.